The Balaban J connectivity index is 1.37. The zero-order valence-corrected chi connectivity index (χ0v) is 15.2. The Morgan fingerprint density at radius 2 is 1.92 bits per heavy atom. The number of anilines is 1. The molecular formula is C19H20N4O2S. The van der Waals surface area contributed by atoms with Gasteiger partial charge < -0.3 is 10.0 Å². The number of benzene rings is 1. The molecule has 6 nitrogen and oxygen atoms in total. The molecule has 0 spiro atoms. The zero-order chi connectivity index (χ0) is 17.9. The Morgan fingerprint density at radius 3 is 2.73 bits per heavy atom. The van der Waals surface area contributed by atoms with Gasteiger partial charge in [-0.1, -0.05) is 18.2 Å². The summed E-state index contributed by atoms with van der Waals surface area (Å²) < 4.78 is 0. The van der Waals surface area contributed by atoms with Crippen LogP contribution in [-0.4, -0.2) is 58.7 Å². The summed E-state index contributed by atoms with van der Waals surface area (Å²) in [6.45, 7) is 4.61. The monoisotopic (exact) mass is 368 g/mol. The van der Waals surface area contributed by atoms with Crippen molar-refractivity contribution in [1.29, 1.82) is 0 Å². The average Bonchev–Trinajstić information content (AvgIpc) is 3.16. The van der Waals surface area contributed by atoms with Gasteiger partial charge in [0.25, 0.3) is 0 Å². The van der Waals surface area contributed by atoms with Crippen molar-refractivity contribution in [3.05, 3.63) is 53.2 Å². The first-order chi connectivity index (χ1) is 12.7. The lowest BCUT2D eigenvalue weighted by Gasteiger charge is -2.35. The van der Waals surface area contributed by atoms with E-state index in [-0.39, 0.29) is 0 Å². The predicted molar refractivity (Wildman–Crippen MR) is 103 cm³/mol. The predicted octanol–water partition coefficient (Wildman–Crippen LogP) is 2.75. The summed E-state index contributed by atoms with van der Waals surface area (Å²) in [6.07, 6.45) is 2.40. The molecule has 1 fully saturated rings. The Bertz CT molecular complexity index is 919. The van der Waals surface area contributed by atoms with Gasteiger partial charge in [-0.25, -0.2) is 14.8 Å². The third-order valence-corrected chi connectivity index (χ3v) is 5.68. The molecule has 0 saturated carbocycles. The highest BCUT2D eigenvalue weighted by Crippen LogP contribution is 2.27. The molecule has 26 heavy (non-hydrogen) atoms. The molecule has 3 heterocycles. The molecule has 3 aromatic rings. The fourth-order valence-corrected chi connectivity index (χ4v) is 4.17. The number of piperazine rings is 1. The van der Waals surface area contributed by atoms with Crippen LogP contribution >= 0.6 is 11.3 Å². The van der Waals surface area contributed by atoms with Gasteiger partial charge in [0.2, 0.25) is 0 Å². The SMILES string of the molecule is O=C(O)c1ccccc1CCN1CCN(c2ncnc3sccc23)CC1. The Hall–Kier alpha value is -2.51. The van der Waals surface area contributed by atoms with Crippen LogP contribution in [0.2, 0.25) is 0 Å². The van der Waals surface area contributed by atoms with Gasteiger partial charge in [-0.05, 0) is 29.5 Å². The first-order valence-corrected chi connectivity index (χ1v) is 9.57. The first-order valence-electron chi connectivity index (χ1n) is 8.69. The maximum Gasteiger partial charge on any atom is 0.335 e. The number of carboxylic acids is 1. The molecule has 0 bridgehead atoms. The lowest BCUT2D eigenvalue weighted by molar-refractivity contribution is 0.0695. The number of carbonyl (C=O) groups is 1. The number of carboxylic acid groups (broad SMARTS) is 1. The van der Waals surface area contributed by atoms with Gasteiger partial charge >= 0.3 is 5.97 Å². The molecule has 1 saturated heterocycles. The van der Waals surface area contributed by atoms with Crippen LogP contribution in [0.3, 0.4) is 0 Å². The molecule has 7 heteroatoms. The Labute approximate surface area is 155 Å². The van der Waals surface area contributed by atoms with Crippen LogP contribution < -0.4 is 4.90 Å². The van der Waals surface area contributed by atoms with E-state index < -0.39 is 5.97 Å². The minimum Gasteiger partial charge on any atom is -0.478 e. The van der Waals surface area contributed by atoms with Crippen LogP contribution in [0.25, 0.3) is 10.2 Å². The first kappa shape index (κ1) is 16.9. The molecule has 0 radical (unpaired) electrons. The number of hydrogen-bond donors (Lipinski definition) is 1. The van der Waals surface area contributed by atoms with Crippen molar-refractivity contribution in [2.75, 3.05) is 37.6 Å². The third kappa shape index (κ3) is 3.40. The lowest BCUT2D eigenvalue weighted by Crippen LogP contribution is -2.47. The average molecular weight is 368 g/mol. The van der Waals surface area contributed by atoms with Crippen LogP contribution in [0.1, 0.15) is 15.9 Å². The standard InChI is InChI=1S/C19H20N4O2S/c24-19(25)15-4-2-1-3-14(15)5-7-22-8-10-23(11-9-22)17-16-6-12-26-18(16)21-13-20-17/h1-4,6,12-13H,5,7-11H2,(H,24,25). The fraction of sp³-hybridized carbons (Fsp3) is 0.316. The smallest absolute Gasteiger partial charge is 0.335 e. The normalized spacial score (nSPS) is 15.5. The maximum atomic E-state index is 11.3. The van der Waals surface area contributed by atoms with Gasteiger partial charge in [-0.15, -0.1) is 11.3 Å². The van der Waals surface area contributed by atoms with Gasteiger partial charge in [0.15, 0.2) is 0 Å². The highest BCUT2D eigenvalue weighted by atomic mass is 32.1. The molecule has 4 rings (SSSR count). The Kier molecular flexibility index (Phi) is 4.81. The second-order valence-electron chi connectivity index (χ2n) is 6.38. The second kappa shape index (κ2) is 7.39. The number of thiophene rings is 1. The topological polar surface area (TPSA) is 69.6 Å². The van der Waals surface area contributed by atoms with E-state index in [2.05, 4.69) is 31.2 Å². The molecule has 0 amide bonds. The number of nitrogens with zero attached hydrogens (tertiary/aromatic N) is 4. The summed E-state index contributed by atoms with van der Waals surface area (Å²) in [5.74, 6) is 0.168. The van der Waals surface area contributed by atoms with E-state index in [0.29, 0.717) is 5.56 Å². The van der Waals surface area contributed by atoms with E-state index in [1.807, 2.05) is 12.1 Å². The minimum absolute atomic E-state index is 0.409. The molecule has 1 aliphatic rings. The molecule has 1 N–H and O–H groups in total. The molecule has 1 aromatic carbocycles. The molecule has 1 aliphatic heterocycles. The summed E-state index contributed by atoms with van der Waals surface area (Å²) >= 11 is 1.64. The number of aromatic nitrogens is 2. The van der Waals surface area contributed by atoms with Crippen molar-refractivity contribution < 1.29 is 9.90 Å². The van der Waals surface area contributed by atoms with E-state index in [1.54, 1.807) is 29.8 Å². The van der Waals surface area contributed by atoms with E-state index in [0.717, 1.165) is 60.7 Å². The molecular weight excluding hydrogens is 348 g/mol. The van der Waals surface area contributed by atoms with Gasteiger partial charge in [0.05, 0.1) is 10.9 Å². The number of hydrogen-bond acceptors (Lipinski definition) is 6. The quantitative estimate of drug-likeness (QED) is 0.747. The molecule has 2 aromatic heterocycles. The Morgan fingerprint density at radius 1 is 1.12 bits per heavy atom. The molecule has 134 valence electrons. The highest BCUT2D eigenvalue weighted by molar-refractivity contribution is 7.16. The molecule has 0 unspecified atom stereocenters. The van der Waals surface area contributed by atoms with Crippen molar-refractivity contribution >= 4 is 33.3 Å². The van der Waals surface area contributed by atoms with E-state index >= 15 is 0 Å². The van der Waals surface area contributed by atoms with Crippen LogP contribution in [0, 0.1) is 0 Å². The highest BCUT2D eigenvalue weighted by Gasteiger charge is 2.20. The summed E-state index contributed by atoms with van der Waals surface area (Å²) in [5.41, 5.74) is 1.31. The van der Waals surface area contributed by atoms with Gasteiger partial charge in [0, 0.05) is 32.7 Å². The van der Waals surface area contributed by atoms with Crippen molar-refractivity contribution in [1.82, 2.24) is 14.9 Å². The number of fused-ring (bicyclic) bond motifs is 1. The van der Waals surface area contributed by atoms with Crippen LogP contribution in [0.5, 0.6) is 0 Å². The van der Waals surface area contributed by atoms with Gasteiger partial charge in [-0.2, -0.15) is 0 Å². The van der Waals surface area contributed by atoms with Crippen LogP contribution in [-0.2, 0) is 6.42 Å². The lowest BCUT2D eigenvalue weighted by atomic mass is 10.0. The summed E-state index contributed by atoms with van der Waals surface area (Å²) in [5, 5.41) is 12.5. The van der Waals surface area contributed by atoms with Crippen LogP contribution in [0.4, 0.5) is 5.82 Å². The van der Waals surface area contributed by atoms with Crippen molar-refractivity contribution in [2.24, 2.45) is 0 Å². The third-order valence-electron chi connectivity index (χ3n) is 4.86. The summed E-state index contributed by atoms with van der Waals surface area (Å²) in [7, 11) is 0. The van der Waals surface area contributed by atoms with Crippen molar-refractivity contribution in [2.45, 2.75) is 6.42 Å². The van der Waals surface area contributed by atoms with E-state index in [9.17, 15) is 9.90 Å². The van der Waals surface area contributed by atoms with Crippen molar-refractivity contribution in [3.63, 3.8) is 0 Å². The second-order valence-corrected chi connectivity index (χ2v) is 7.27. The molecule has 0 aliphatic carbocycles. The van der Waals surface area contributed by atoms with Gasteiger partial charge in [-0.3, -0.25) is 4.90 Å². The summed E-state index contributed by atoms with van der Waals surface area (Å²) in [4.78, 5) is 25.9. The van der Waals surface area contributed by atoms with E-state index in [1.165, 1.54) is 0 Å². The number of rotatable bonds is 5. The number of aromatic carboxylic acids is 1. The maximum absolute atomic E-state index is 11.3. The van der Waals surface area contributed by atoms with Crippen molar-refractivity contribution in [3.8, 4) is 0 Å². The minimum atomic E-state index is -0.853. The zero-order valence-electron chi connectivity index (χ0n) is 14.3. The van der Waals surface area contributed by atoms with Gasteiger partial charge in [0.1, 0.15) is 17.0 Å². The summed E-state index contributed by atoms with van der Waals surface area (Å²) in [6, 6.07) is 9.36. The van der Waals surface area contributed by atoms with E-state index in [4.69, 9.17) is 0 Å². The largest absolute Gasteiger partial charge is 0.478 e. The molecule has 0 atom stereocenters. The van der Waals surface area contributed by atoms with Crippen LogP contribution in [0.15, 0.2) is 42.0 Å². The fourth-order valence-electron chi connectivity index (χ4n) is 3.44.